The third-order valence-electron chi connectivity index (χ3n) is 5.03. The van der Waals surface area contributed by atoms with Crippen molar-refractivity contribution in [1.29, 1.82) is 0 Å². The van der Waals surface area contributed by atoms with Crippen LogP contribution in [0.3, 0.4) is 0 Å². The maximum atomic E-state index is 12.8. The number of fused-ring (bicyclic) bond motifs is 1. The van der Waals surface area contributed by atoms with Crippen molar-refractivity contribution in [2.45, 2.75) is 6.54 Å². The summed E-state index contributed by atoms with van der Waals surface area (Å²) in [7, 11) is 3.14. The van der Waals surface area contributed by atoms with Gasteiger partial charge in [0.1, 0.15) is 11.5 Å². The van der Waals surface area contributed by atoms with Crippen LogP contribution in [0.15, 0.2) is 66.9 Å². The van der Waals surface area contributed by atoms with Gasteiger partial charge >= 0.3 is 37.7 Å². The van der Waals surface area contributed by atoms with Crippen LogP contribution < -0.4 is 19.7 Å². The number of nitrogens with zero attached hydrogens (tertiary/aromatic N) is 1. The van der Waals surface area contributed by atoms with Crippen LogP contribution in [-0.2, 0) is 6.54 Å². The number of rotatable bonds is 6. The fourth-order valence-corrected chi connectivity index (χ4v) is 3.51. The summed E-state index contributed by atoms with van der Waals surface area (Å²) in [5.41, 5.74) is 2.90. The van der Waals surface area contributed by atoms with Gasteiger partial charge in [-0.3, -0.25) is 4.79 Å². The van der Waals surface area contributed by atoms with E-state index in [0.29, 0.717) is 17.1 Å². The van der Waals surface area contributed by atoms with Gasteiger partial charge in [-0.15, -0.1) is 11.5 Å². The van der Waals surface area contributed by atoms with Gasteiger partial charge in [-0.2, -0.15) is 0 Å². The normalized spacial score (nSPS) is 10.5. The monoisotopic (exact) mass is 441 g/mol. The van der Waals surface area contributed by atoms with Crippen LogP contribution >= 0.6 is 0 Å². The molecule has 3 aromatic carbocycles. The van der Waals surface area contributed by atoms with E-state index in [1.165, 1.54) is 36.4 Å². The van der Waals surface area contributed by atoms with Gasteiger partial charge in [0.05, 0.1) is 26.3 Å². The van der Waals surface area contributed by atoms with Crippen LogP contribution in [0, 0.1) is 0 Å². The maximum Gasteiger partial charge on any atom is 2.00 e. The van der Waals surface area contributed by atoms with Crippen LogP contribution in [0.1, 0.15) is 10.4 Å². The standard InChI is InChI=1S/C24H21NO5.Ca/c1-29-19-11-21-24(23(12-19)30-2)20(15-3-7-17(26)8-4-15)13-25(21)14-22(28)16-5-9-18(27)10-6-16;/h3-13,26-27H,14H2,1-2H3;/q;+2/p-2. The third kappa shape index (κ3) is 4.66. The Bertz CT molecular complexity index is 1210. The molecule has 152 valence electrons. The molecule has 7 heteroatoms. The van der Waals surface area contributed by atoms with Crippen molar-refractivity contribution < 1.29 is 24.5 Å². The van der Waals surface area contributed by atoms with E-state index in [4.69, 9.17) is 9.47 Å². The minimum atomic E-state index is -0.142. The van der Waals surface area contributed by atoms with Crippen molar-refractivity contribution in [3.63, 3.8) is 0 Å². The SMILES string of the molecule is COc1cc(OC)c2c(-c3ccc([O-])cc3)cn(CC(=O)c3ccc([O-])cc3)c2c1.[Ca+2]. The molecule has 0 aliphatic rings. The first kappa shape index (κ1) is 23.0. The molecule has 0 aliphatic heterocycles. The molecule has 0 fully saturated rings. The first-order valence-electron chi connectivity index (χ1n) is 9.32. The predicted octanol–water partition coefficient (Wildman–Crippen LogP) is 2.97. The maximum absolute atomic E-state index is 12.8. The summed E-state index contributed by atoms with van der Waals surface area (Å²) >= 11 is 0. The summed E-state index contributed by atoms with van der Waals surface area (Å²) in [5, 5.41) is 23.7. The molecule has 0 unspecified atom stereocenters. The Balaban J connectivity index is 0.00000272. The van der Waals surface area contributed by atoms with E-state index >= 15 is 0 Å². The molecule has 0 bridgehead atoms. The molecule has 6 nitrogen and oxygen atoms in total. The van der Waals surface area contributed by atoms with Gasteiger partial charge in [0, 0.05) is 34.8 Å². The zero-order valence-corrected chi connectivity index (χ0v) is 19.5. The molecule has 4 aromatic rings. The van der Waals surface area contributed by atoms with Crippen LogP contribution in [-0.4, -0.2) is 62.3 Å². The Labute approximate surface area is 209 Å². The third-order valence-corrected chi connectivity index (χ3v) is 5.03. The fourth-order valence-electron chi connectivity index (χ4n) is 3.51. The molecule has 1 aromatic heterocycles. The second kappa shape index (κ2) is 9.64. The number of ether oxygens (including phenoxy) is 2. The average Bonchev–Trinajstić information content (AvgIpc) is 3.12. The van der Waals surface area contributed by atoms with Gasteiger partial charge in [-0.1, -0.05) is 48.5 Å². The molecule has 1 heterocycles. The molecular weight excluding hydrogens is 422 g/mol. The number of Topliss-reactive ketones (excluding diaryl/α,β-unsaturated/α-hetero) is 1. The minimum Gasteiger partial charge on any atom is -0.872 e. The summed E-state index contributed by atoms with van der Waals surface area (Å²) in [6.45, 7) is 0.0741. The first-order chi connectivity index (χ1) is 14.5. The molecule has 4 rings (SSSR count). The van der Waals surface area contributed by atoms with Crippen molar-refractivity contribution in [3.05, 3.63) is 72.4 Å². The molecule has 0 atom stereocenters. The molecule has 0 spiro atoms. The van der Waals surface area contributed by atoms with Crippen molar-refractivity contribution >= 4 is 54.4 Å². The number of carbonyl (C=O) groups is 1. The van der Waals surface area contributed by atoms with Crippen LogP contribution in [0.4, 0.5) is 0 Å². The quantitative estimate of drug-likeness (QED) is 0.339. The van der Waals surface area contributed by atoms with Gasteiger partial charge in [0.2, 0.25) is 0 Å². The number of hydrogen-bond acceptors (Lipinski definition) is 5. The molecule has 0 aliphatic carbocycles. The van der Waals surface area contributed by atoms with Gasteiger partial charge in [0.25, 0.3) is 0 Å². The van der Waals surface area contributed by atoms with Crippen LogP contribution in [0.5, 0.6) is 23.0 Å². The number of methoxy groups -OCH3 is 2. The first-order valence-corrected chi connectivity index (χ1v) is 9.32. The Morgan fingerprint density at radius 2 is 1.52 bits per heavy atom. The molecule has 0 radical (unpaired) electrons. The van der Waals surface area contributed by atoms with Crippen molar-refractivity contribution in [2.24, 2.45) is 0 Å². The fraction of sp³-hybridized carbons (Fsp3) is 0.125. The largest absolute Gasteiger partial charge is 2.00 e. The second-order valence-electron chi connectivity index (χ2n) is 6.87. The zero-order valence-electron chi connectivity index (χ0n) is 17.3. The van der Waals surface area contributed by atoms with Crippen molar-refractivity contribution in [2.75, 3.05) is 14.2 Å². The van der Waals surface area contributed by atoms with Crippen molar-refractivity contribution in [1.82, 2.24) is 4.57 Å². The molecule has 0 saturated carbocycles. The van der Waals surface area contributed by atoms with E-state index in [1.54, 1.807) is 32.4 Å². The molecule has 0 N–H and O–H groups in total. The second-order valence-corrected chi connectivity index (χ2v) is 6.87. The summed E-state index contributed by atoms with van der Waals surface area (Å²) in [6, 6.07) is 16.0. The molecule has 0 saturated heterocycles. The van der Waals surface area contributed by atoms with E-state index in [-0.39, 0.29) is 61.6 Å². The van der Waals surface area contributed by atoms with E-state index in [1.807, 2.05) is 16.8 Å². The Kier molecular flexibility index (Phi) is 7.15. The van der Waals surface area contributed by atoms with Gasteiger partial charge in [-0.25, -0.2) is 0 Å². The zero-order chi connectivity index (χ0) is 21.3. The van der Waals surface area contributed by atoms with E-state index < -0.39 is 0 Å². The Morgan fingerprint density at radius 1 is 0.903 bits per heavy atom. The summed E-state index contributed by atoms with van der Waals surface area (Å²) in [4.78, 5) is 12.8. The molecular formula is C24H19CaNO5. The Morgan fingerprint density at radius 3 is 2.10 bits per heavy atom. The van der Waals surface area contributed by atoms with Gasteiger partial charge in [-0.05, 0) is 5.56 Å². The van der Waals surface area contributed by atoms with Crippen molar-refractivity contribution in [3.8, 4) is 34.1 Å². The van der Waals surface area contributed by atoms with Crippen LogP contribution in [0.2, 0.25) is 0 Å². The van der Waals surface area contributed by atoms with Crippen LogP contribution in [0.25, 0.3) is 22.0 Å². The summed E-state index contributed by atoms with van der Waals surface area (Å²) in [6.07, 6.45) is 1.87. The number of hydrogen-bond donors (Lipinski definition) is 0. The van der Waals surface area contributed by atoms with Gasteiger partial charge < -0.3 is 24.3 Å². The van der Waals surface area contributed by atoms with Gasteiger partial charge in [0.15, 0.2) is 5.78 Å². The minimum absolute atomic E-state index is 0. The predicted molar refractivity (Wildman–Crippen MR) is 116 cm³/mol. The number of ketones is 1. The molecule has 31 heavy (non-hydrogen) atoms. The summed E-state index contributed by atoms with van der Waals surface area (Å²) in [5.74, 6) is 0.857. The number of aromatic nitrogens is 1. The van der Waals surface area contributed by atoms with E-state index in [0.717, 1.165) is 22.0 Å². The number of carbonyl (C=O) groups excluding carboxylic acids is 1. The Hall–Kier alpha value is -2.67. The van der Waals surface area contributed by atoms with E-state index in [9.17, 15) is 15.0 Å². The smallest absolute Gasteiger partial charge is 0.872 e. The summed E-state index contributed by atoms with van der Waals surface area (Å²) < 4.78 is 12.8. The molecule has 0 amide bonds. The average molecular weight is 441 g/mol. The van der Waals surface area contributed by atoms with E-state index in [2.05, 4.69) is 0 Å². The topological polar surface area (TPSA) is 86.6 Å². The number of benzene rings is 3.